The van der Waals surface area contributed by atoms with E-state index in [0.717, 1.165) is 77.5 Å². The van der Waals surface area contributed by atoms with Crippen molar-refractivity contribution in [1.82, 2.24) is 20.0 Å². The zero-order valence-electron chi connectivity index (χ0n) is 17.8. The second-order valence-corrected chi connectivity index (χ2v) is 8.01. The standard InChI is InChI=1S/C20H39N5O2.HI/c1-3-21-20(22-16-18-4-7-23(8-5-18)10-13-26-2)25-9-6-19(17-25)24-11-14-27-15-12-24;/h18-19H,3-17H2,1-2H3,(H,21,22);1H. The average Bonchev–Trinajstić information content (AvgIpc) is 3.21. The minimum atomic E-state index is 0. The van der Waals surface area contributed by atoms with Crippen molar-refractivity contribution in [3.05, 3.63) is 0 Å². The van der Waals surface area contributed by atoms with Crippen molar-refractivity contribution in [2.24, 2.45) is 10.9 Å². The van der Waals surface area contributed by atoms with E-state index in [4.69, 9.17) is 14.5 Å². The van der Waals surface area contributed by atoms with Crippen LogP contribution in [0.2, 0.25) is 0 Å². The van der Waals surface area contributed by atoms with Crippen molar-refractivity contribution in [1.29, 1.82) is 0 Å². The molecule has 7 nitrogen and oxygen atoms in total. The second kappa shape index (κ2) is 13.2. The number of rotatable bonds is 7. The number of hydrogen-bond donors (Lipinski definition) is 1. The van der Waals surface area contributed by atoms with Crippen LogP contribution in [0, 0.1) is 5.92 Å². The van der Waals surface area contributed by atoms with E-state index >= 15 is 0 Å². The zero-order chi connectivity index (χ0) is 18.9. The quantitative estimate of drug-likeness (QED) is 0.318. The number of likely N-dealkylation sites (tertiary alicyclic amines) is 2. The molecule has 0 aromatic rings. The predicted molar refractivity (Wildman–Crippen MR) is 125 cm³/mol. The van der Waals surface area contributed by atoms with E-state index < -0.39 is 0 Å². The van der Waals surface area contributed by atoms with Crippen LogP contribution in [-0.2, 0) is 9.47 Å². The molecule has 1 N–H and O–H groups in total. The summed E-state index contributed by atoms with van der Waals surface area (Å²) in [7, 11) is 1.78. The van der Waals surface area contributed by atoms with Gasteiger partial charge in [-0.25, -0.2) is 0 Å². The summed E-state index contributed by atoms with van der Waals surface area (Å²) in [6.07, 6.45) is 3.74. The molecule has 8 heteroatoms. The Morgan fingerprint density at radius 1 is 1.11 bits per heavy atom. The number of halogens is 1. The molecule has 0 saturated carbocycles. The summed E-state index contributed by atoms with van der Waals surface area (Å²) in [5.41, 5.74) is 0. The Balaban J connectivity index is 0.00000280. The first kappa shape index (κ1) is 24.1. The normalized spacial score (nSPS) is 25.7. The van der Waals surface area contributed by atoms with Crippen molar-refractivity contribution < 1.29 is 9.47 Å². The number of aliphatic imine (C=N–C) groups is 1. The third kappa shape index (κ3) is 7.27. The Morgan fingerprint density at radius 2 is 1.86 bits per heavy atom. The topological polar surface area (TPSA) is 52.6 Å². The molecule has 0 spiro atoms. The number of nitrogens with zero attached hydrogens (tertiary/aromatic N) is 4. The van der Waals surface area contributed by atoms with Crippen molar-refractivity contribution >= 4 is 29.9 Å². The number of guanidine groups is 1. The van der Waals surface area contributed by atoms with Gasteiger partial charge in [-0.3, -0.25) is 9.89 Å². The Bertz CT molecular complexity index is 454. The number of piperidine rings is 1. The minimum absolute atomic E-state index is 0. The Hall–Kier alpha value is -0.160. The second-order valence-electron chi connectivity index (χ2n) is 8.01. The molecule has 164 valence electrons. The lowest BCUT2D eigenvalue weighted by Gasteiger charge is -2.32. The molecule has 0 bridgehead atoms. The highest BCUT2D eigenvalue weighted by atomic mass is 127. The maximum absolute atomic E-state index is 5.51. The number of nitrogens with one attached hydrogen (secondary N) is 1. The van der Waals surface area contributed by atoms with Gasteiger partial charge < -0.3 is 24.6 Å². The van der Waals surface area contributed by atoms with Crippen molar-refractivity contribution in [3.8, 4) is 0 Å². The van der Waals surface area contributed by atoms with Crippen LogP contribution in [0.1, 0.15) is 26.2 Å². The number of hydrogen-bond acceptors (Lipinski definition) is 5. The highest BCUT2D eigenvalue weighted by molar-refractivity contribution is 14.0. The highest BCUT2D eigenvalue weighted by Crippen LogP contribution is 2.19. The Labute approximate surface area is 188 Å². The first-order chi connectivity index (χ1) is 13.3. The van der Waals surface area contributed by atoms with Gasteiger partial charge in [-0.15, -0.1) is 24.0 Å². The molecule has 1 unspecified atom stereocenters. The maximum atomic E-state index is 5.51. The van der Waals surface area contributed by atoms with Crippen LogP contribution in [0.5, 0.6) is 0 Å². The van der Waals surface area contributed by atoms with Gasteiger partial charge in [0.1, 0.15) is 0 Å². The van der Waals surface area contributed by atoms with Gasteiger partial charge in [0.2, 0.25) is 0 Å². The molecule has 3 fully saturated rings. The molecule has 0 amide bonds. The van der Waals surface area contributed by atoms with Crippen molar-refractivity contribution in [3.63, 3.8) is 0 Å². The molecule has 3 aliphatic heterocycles. The van der Waals surface area contributed by atoms with Gasteiger partial charge in [0.25, 0.3) is 0 Å². The molecule has 0 aliphatic carbocycles. The lowest BCUT2D eigenvalue weighted by atomic mass is 9.97. The largest absolute Gasteiger partial charge is 0.383 e. The number of morpholine rings is 1. The Morgan fingerprint density at radius 3 is 2.54 bits per heavy atom. The predicted octanol–water partition coefficient (Wildman–Crippen LogP) is 1.33. The molecular formula is C20H40IN5O2. The third-order valence-corrected chi connectivity index (χ3v) is 6.18. The van der Waals surface area contributed by atoms with Gasteiger partial charge >= 0.3 is 0 Å². The molecule has 0 aromatic carbocycles. The van der Waals surface area contributed by atoms with E-state index in [-0.39, 0.29) is 24.0 Å². The number of methoxy groups -OCH3 is 1. The summed E-state index contributed by atoms with van der Waals surface area (Å²) in [4.78, 5) is 12.6. The monoisotopic (exact) mass is 509 g/mol. The fraction of sp³-hybridized carbons (Fsp3) is 0.950. The van der Waals surface area contributed by atoms with E-state index in [2.05, 4.69) is 26.9 Å². The maximum Gasteiger partial charge on any atom is 0.193 e. The van der Waals surface area contributed by atoms with Gasteiger partial charge in [0, 0.05) is 59.0 Å². The average molecular weight is 509 g/mol. The minimum Gasteiger partial charge on any atom is -0.383 e. The highest BCUT2D eigenvalue weighted by Gasteiger charge is 2.30. The molecule has 3 saturated heterocycles. The first-order valence-electron chi connectivity index (χ1n) is 10.9. The first-order valence-corrected chi connectivity index (χ1v) is 10.9. The van der Waals surface area contributed by atoms with Gasteiger partial charge in [-0.1, -0.05) is 0 Å². The molecule has 0 radical (unpaired) electrons. The summed E-state index contributed by atoms with van der Waals surface area (Å²) < 4.78 is 10.7. The van der Waals surface area contributed by atoms with Crippen LogP contribution in [0.25, 0.3) is 0 Å². The van der Waals surface area contributed by atoms with Crippen molar-refractivity contribution in [2.45, 2.75) is 32.2 Å². The van der Waals surface area contributed by atoms with Crippen LogP contribution in [0.15, 0.2) is 4.99 Å². The fourth-order valence-electron chi connectivity index (χ4n) is 4.43. The lowest BCUT2D eigenvalue weighted by Crippen LogP contribution is -2.46. The smallest absolute Gasteiger partial charge is 0.193 e. The summed E-state index contributed by atoms with van der Waals surface area (Å²) in [5.74, 6) is 1.84. The van der Waals surface area contributed by atoms with E-state index in [1.54, 1.807) is 7.11 Å². The van der Waals surface area contributed by atoms with E-state index in [0.29, 0.717) is 6.04 Å². The summed E-state index contributed by atoms with van der Waals surface area (Å²) >= 11 is 0. The zero-order valence-corrected chi connectivity index (χ0v) is 20.1. The van der Waals surface area contributed by atoms with Crippen LogP contribution in [0.3, 0.4) is 0 Å². The fourth-order valence-corrected chi connectivity index (χ4v) is 4.43. The Kier molecular flexibility index (Phi) is 11.4. The van der Waals surface area contributed by atoms with Gasteiger partial charge in [-0.2, -0.15) is 0 Å². The van der Waals surface area contributed by atoms with Gasteiger partial charge in [-0.05, 0) is 45.2 Å². The SMILES string of the molecule is CCNC(=NCC1CCN(CCOC)CC1)N1CCC(N2CCOCC2)C1.I. The molecular weight excluding hydrogens is 469 g/mol. The van der Waals surface area contributed by atoms with Crippen LogP contribution in [-0.4, -0.2) is 113 Å². The molecule has 3 aliphatic rings. The summed E-state index contributed by atoms with van der Waals surface area (Å²) in [6, 6.07) is 0.654. The lowest BCUT2D eigenvalue weighted by molar-refractivity contribution is 0.0195. The summed E-state index contributed by atoms with van der Waals surface area (Å²) in [6.45, 7) is 14.5. The van der Waals surface area contributed by atoms with E-state index in [1.807, 2.05) is 0 Å². The van der Waals surface area contributed by atoms with E-state index in [9.17, 15) is 0 Å². The van der Waals surface area contributed by atoms with Crippen LogP contribution >= 0.6 is 24.0 Å². The van der Waals surface area contributed by atoms with Crippen molar-refractivity contribution in [2.75, 3.05) is 85.8 Å². The van der Waals surface area contributed by atoms with Gasteiger partial charge in [0.15, 0.2) is 5.96 Å². The third-order valence-electron chi connectivity index (χ3n) is 6.18. The van der Waals surface area contributed by atoms with E-state index in [1.165, 1.54) is 32.4 Å². The molecule has 3 rings (SSSR count). The van der Waals surface area contributed by atoms with Crippen LogP contribution < -0.4 is 5.32 Å². The molecule has 28 heavy (non-hydrogen) atoms. The summed E-state index contributed by atoms with van der Waals surface area (Å²) in [5, 5.41) is 3.53. The molecule has 0 aromatic heterocycles. The van der Waals surface area contributed by atoms with Crippen LogP contribution in [0.4, 0.5) is 0 Å². The molecule has 1 atom stereocenters. The molecule has 3 heterocycles. The van der Waals surface area contributed by atoms with Gasteiger partial charge in [0.05, 0.1) is 19.8 Å². The number of ether oxygens (including phenoxy) is 2.